The monoisotopic (exact) mass is 268 g/mol. The maximum atomic E-state index is 11.7. The zero-order valence-corrected chi connectivity index (χ0v) is 10.6. The molecule has 1 aliphatic rings. The Hall–Kier alpha value is -2.82. The third-order valence-corrected chi connectivity index (χ3v) is 2.92. The van der Waals surface area contributed by atoms with E-state index in [4.69, 9.17) is 4.74 Å². The van der Waals surface area contributed by atoms with Crippen molar-refractivity contribution < 1.29 is 14.3 Å². The summed E-state index contributed by atoms with van der Waals surface area (Å²) in [4.78, 5) is 24.4. The molecule has 20 heavy (non-hydrogen) atoms. The van der Waals surface area contributed by atoms with Crippen LogP contribution in [0.25, 0.3) is 0 Å². The van der Waals surface area contributed by atoms with Crippen LogP contribution < -0.4 is 15.0 Å². The van der Waals surface area contributed by atoms with E-state index in [-0.39, 0.29) is 12.5 Å². The van der Waals surface area contributed by atoms with E-state index in [1.807, 2.05) is 36.4 Å². The number of para-hydroxylation sites is 3. The van der Waals surface area contributed by atoms with Crippen LogP contribution in [0.15, 0.2) is 54.6 Å². The van der Waals surface area contributed by atoms with Crippen LogP contribution in [0.4, 0.5) is 10.5 Å². The highest BCUT2D eigenvalue weighted by Crippen LogP contribution is 2.32. The first-order chi connectivity index (χ1) is 9.74. The zero-order chi connectivity index (χ0) is 13.9. The van der Waals surface area contributed by atoms with Crippen LogP contribution in [0.1, 0.15) is 0 Å². The number of hydrogen-bond acceptors (Lipinski definition) is 3. The molecule has 0 bridgehead atoms. The molecule has 2 aromatic carbocycles. The van der Waals surface area contributed by atoms with Gasteiger partial charge in [-0.15, -0.1) is 0 Å². The molecular weight excluding hydrogens is 256 g/mol. The number of carbonyl (C=O) groups is 2. The van der Waals surface area contributed by atoms with E-state index in [1.165, 1.54) is 4.90 Å². The highest BCUT2D eigenvalue weighted by Gasteiger charge is 2.29. The van der Waals surface area contributed by atoms with Gasteiger partial charge in [0, 0.05) is 0 Å². The van der Waals surface area contributed by atoms with E-state index < -0.39 is 6.03 Å². The van der Waals surface area contributed by atoms with Gasteiger partial charge in [-0.1, -0.05) is 30.3 Å². The summed E-state index contributed by atoms with van der Waals surface area (Å²) in [5.41, 5.74) is 0.569. The van der Waals surface area contributed by atoms with Crippen LogP contribution in [0.5, 0.6) is 11.5 Å². The highest BCUT2D eigenvalue weighted by atomic mass is 16.5. The molecule has 0 spiro atoms. The smallest absolute Gasteiger partial charge is 0.329 e. The number of nitrogens with zero attached hydrogens (tertiary/aromatic N) is 1. The van der Waals surface area contributed by atoms with E-state index >= 15 is 0 Å². The fourth-order valence-corrected chi connectivity index (χ4v) is 2.02. The van der Waals surface area contributed by atoms with Crippen LogP contribution in [0, 0.1) is 0 Å². The Kier molecular flexibility index (Phi) is 3.09. The van der Waals surface area contributed by atoms with Crippen molar-refractivity contribution in [2.24, 2.45) is 0 Å². The number of hydrogen-bond donors (Lipinski definition) is 1. The number of benzene rings is 2. The molecule has 0 unspecified atom stereocenters. The Morgan fingerprint density at radius 3 is 2.35 bits per heavy atom. The number of urea groups is 1. The van der Waals surface area contributed by atoms with Gasteiger partial charge < -0.3 is 4.74 Å². The lowest BCUT2D eigenvalue weighted by Crippen LogP contribution is -2.28. The summed E-state index contributed by atoms with van der Waals surface area (Å²) in [5, 5.41) is 2.25. The van der Waals surface area contributed by atoms with Gasteiger partial charge in [0.1, 0.15) is 12.3 Å². The summed E-state index contributed by atoms with van der Waals surface area (Å²) in [7, 11) is 0. The van der Waals surface area contributed by atoms with E-state index in [0.29, 0.717) is 17.2 Å². The predicted octanol–water partition coefficient (Wildman–Crippen LogP) is 2.54. The molecule has 0 aliphatic carbocycles. The molecule has 1 heterocycles. The predicted molar refractivity (Wildman–Crippen MR) is 73.8 cm³/mol. The van der Waals surface area contributed by atoms with Gasteiger partial charge in [-0.3, -0.25) is 15.0 Å². The summed E-state index contributed by atoms with van der Waals surface area (Å²) >= 11 is 0. The van der Waals surface area contributed by atoms with Crippen molar-refractivity contribution in [2.45, 2.75) is 0 Å². The highest BCUT2D eigenvalue weighted by molar-refractivity contribution is 6.12. The first-order valence-electron chi connectivity index (χ1n) is 6.17. The first kappa shape index (κ1) is 12.2. The van der Waals surface area contributed by atoms with Crippen molar-refractivity contribution in [3.8, 4) is 11.5 Å². The Morgan fingerprint density at radius 2 is 1.65 bits per heavy atom. The molecule has 5 heteroatoms. The number of anilines is 1. The summed E-state index contributed by atoms with van der Waals surface area (Å²) in [6.45, 7) is 0.00793. The number of rotatable bonds is 3. The second-order valence-electron chi connectivity index (χ2n) is 4.32. The SMILES string of the molecule is O=C1CN(c2ccccc2Oc2ccccc2)C(=O)N1. The van der Waals surface area contributed by atoms with Gasteiger partial charge in [0.25, 0.3) is 0 Å². The lowest BCUT2D eigenvalue weighted by atomic mass is 10.2. The van der Waals surface area contributed by atoms with Crippen LogP contribution in [0.3, 0.4) is 0 Å². The Bertz CT molecular complexity index is 655. The topological polar surface area (TPSA) is 58.6 Å². The van der Waals surface area contributed by atoms with Crippen molar-refractivity contribution in [1.29, 1.82) is 0 Å². The molecule has 1 fully saturated rings. The average molecular weight is 268 g/mol. The Labute approximate surface area is 115 Å². The molecule has 3 amide bonds. The van der Waals surface area contributed by atoms with Crippen molar-refractivity contribution in [1.82, 2.24) is 5.32 Å². The largest absolute Gasteiger partial charge is 0.455 e. The molecule has 100 valence electrons. The normalized spacial score (nSPS) is 14.3. The molecule has 0 saturated carbocycles. The third kappa shape index (κ3) is 2.33. The van der Waals surface area contributed by atoms with Gasteiger partial charge in [0.2, 0.25) is 5.91 Å². The van der Waals surface area contributed by atoms with Gasteiger partial charge >= 0.3 is 6.03 Å². The minimum atomic E-state index is -0.431. The van der Waals surface area contributed by atoms with Crippen molar-refractivity contribution in [3.63, 3.8) is 0 Å². The first-order valence-corrected chi connectivity index (χ1v) is 6.17. The molecule has 1 saturated heterocycles. The Balaban J connectivity index is 1.93. The molecule has 0 atom stereocenters. The molecule has 1 aliphatic heterocycles. The van der Waals surface area contributed by atoms with Crippen LogP contribution >= 0.6 is 0 Å². The summed E-state index contributed by atoms with van der Waals surface area (Å²) in [5.74, 6) is 0.888. The second-order valence-corrected chi connectivity index (χ2v) is 4.32. The summed E-state index contributed by atoms with van der Waals surface area (Å²) in [6.07, 6.45) is 0. The fraction of sp³-hybridized carbons (Fsp3) is 0.0667. The summed E-state index contributed by atoms with van der Waals surface area (Å²) < 4.78 is 5.77. The molecule has 3 rings (SSSR count). The van der Waals surface area contributed by atoms with Crippen molar-refractivity contribution in [2.75, 3.05) is 11.4 Å². The van der Waals surface area contributed by atoms with E-state index in [0.717, 1.165) is 0 Å². The minimum Gasteiger partial charge on any atom is -0.455 e. The zero-order valence-electron chi connectivity index (χ0n) is 10.6. The van der Waals surface area contributed by atoms with Crippen LogP contribution in [-0.2, 0) is 4.79 Å². The number of nitrogens with one attached hydrogen (secondary N) is 1. The molecule has 1 N–H and O–H groups in total. The third-order valence-electron chi connectivity index (χ3n) is 2.92. The Morgan fingerprint density at radius 1 is 0.950 bits per heavy atom. The van der Waals surface area contributed by atoms with Gasteiger partial charge in [0.15, 0.2) is 5.75 Å². The second kappa shape index (κ2) is 5.05. The van der Waals surface area contributed by atoms with Crippen molar-refractivity contribution in [3.05, 3.63) is 54.6 Å². The molecule has 2 aromatic rings. The standard InChI is InChI=1S/C15H12N2O3/c18-14-10-17(15(19)16-14)12-8-4-5-9-13(12)20-11-6-2-1-3-7-11/h1-9H,10H2,(H,16,18,19). The van der Waals surface area contributed by atoms with Crippen LogP contribution in [0.2, 0.25) is 0 Å². The maximum Gasteiger partial charge on any atom is 0.329 e. The van der Waals surface area contributed by atoms with E-state index in [1.54, 1.807) is 18.2 Å². The lowest BCUT2D eigenvalue weighted by Gasteiger charge is -2.17. The number of imide groups is 1. The average Bonchev–Trinajstić information content (AvgIpc) is 2.79. The number of amides is 3. The lowest BCUT2D eigenvalue weighted by molar-refractivity contribution is -0.117. The quantitative estimate of drug-likeness (QED) is 0.870. The van der Waals surface area contributed by atoms with Crippen LogP contribution in [-0.4, -0.2) is 18.5 Å². The van der Waals surface area contributed by atoms with Gasteiger partial charge in [-0.2, -0.15) is 0 Å². The number of carbonyl (C=O) groups excluding carboxylic acids is 2. The maximum absolute atomic E-state index is 11.7. The van der Waals surface area contributed by atoms with Gasteiger partial charge in [-0.05, 0) is 24.3 Å². The van der Waals surface area contributed by atoms with Gasteiger partial charge in [0.05, 0.1) is 5.69 Å². The van der Waals surface area contributed by atoms with Crippen molar-refractivity contribution >= 4 is 17.6 Å². The molecule has 5 nitrogen and oxygen atoms in total. The summed E-state index contributed by atoms with van der Waals surface area (Å²) in [6, 6.07) is 16.0. The molecule has 0 radical (unpaired) electrons. The fourth-order valence-electron chi connectivity index (χ4n) is 2.02. The molecule has 0 aromatic heterocycles. The van der Waals surface area contributed by atoms with Gasteiger partial charge in [-0.25, -0.2) is 4.79 Å². The van der Waals surface area contributed by atoms with E-state index in [9.17, 15) is 9.59 Å². The van der Waals surface area contributed by atoms with E-state index in [2.05, 4.69) is 5.32 Å². The number of ether oxygens (including phenoxy) is 1. The minimum absolute atomic E-state index is 0.00793. The molecular formula is C15H12N2O3.